The van der Waals surface area contributed by atoms with Crippen LogP contribution in [0.5, 0.6) is 17.2 Å². The highest BCUT2D eigenvalue weighted by Gasteiger charge is 2.32. The molecule has 9 nitrogen and oxygen atoms in total. The minimum absolute atomic E-state index is 0.0682. The summed E-state index contributed by atoms with van der Waals surface area (Å²) in [5.41, 5.74) is 7.03. The molecule has 3 N–H and O–H groups in total. The molecule has 1 fully saturated rings. The number of nitrogens with one attached hydrogen (secondary N) is 1. The van der Waals surface area contributed by atoms with Crippen molar-refractivity contribution < 1.29 is 19.1 Å². The van der Waals surface area contributed by atoms with Gasteiger partial charge in [-0.2, -0.15) is 4.98 Å². The molecule has 1 saturated heterocycles. The minimum Gasteiger partial charge on any atom is -0.496 e. The molecule has 0 bridgehead atoms. The Balaban J connectivity index is 1.78. The van der Waals surface area contributed by atoms with Crippen LogP contribution in [0, 0.1) is 3.57 Å². The Labute approximate surface area is 194 Å². The van der Waals surface area contributed by atoms with E-state index in [4.69, 9.17) is 15.2 Å². The Hall–Kier alpha value is -2.63. The Morgan fingerprint density at radius 2 is 2.03 bits per heavy atom. The first-order valence-corrected chi connectivity index (χ1v) is 11.0. The number of carbonyl (C=O) groups is 2. The van der Waals surface area contributed by atoms with Crippen LogP contribution in [-0.4, -0.2) is 46.4 Å². The third-order valence-electron chi connectivity index (χ3n) is 5.10. The first kappa shape index (κ1) is 23.0. The van der Waals surface area contributed by atoms with Crippen molar-refractivity contribution in [3.63, 3.8) is 0 Å². The molecule has 2 amide bonds. The zero-order valence-corrected chi connectivity index (χ0v) is 20.1. The maximum atomic E-state index is 12.6. The summed E-state index contributed by atoms with van der Waals surface area (Å²) in [5, 5.41) is 2.65. The van der Waals surface area contributed by atoms with Crippen molar-refractivity contribution >= 4 is 46.2 Å². The summed E-state index contributed by atoms with van der Waals surface area (Å²) in [6, 6.07) is 3.30. The number of ether oxygens (including phenoxy) is 2. The van der Waals surface area contributed by atoms with Gasteiger partial charge in [0.2, 0.25) is 17.8 Å². The number of hydrogen-bond acceptors (Lipinski definition) is 7. The number of rotatable bonds is 6. The van der Waals surface area contributed by atoms with Crippen LogP contribution in [0.1, 0.15) is 45.1 Å². The average Bonchev–Trinajstić information content (AvgIpc) is 3.20. The molecule has 1 aliphatic heterocycles. The first-order valence-electron chi connectivity index (χ1n) is 9.97. The summed E-state index contributed by atoms with van der Waals surface area (Å²) in [7, 11) is 1.63. The second kappa shape index (κ2) is 9.67. The molecular formula is C21H26IN5O4. The molecule has 166 valence electrons. The van der Waals surface area contributed by atoms with Crippen LogP contribution in [0.25, 0.3) is 0 Å². The van der Waals surface area contributed by atoms with E-state index in [-0.39, 0.29) is 35.2 Å². The predicted molar refractivity (Wildman–Crippen MR) is 125 cm³/mol. The summed E-state index contributed by atoms with van der Waals surface area (Å²) in [4.78, 5) is 34.1. The number of halogens is 1. The molecule has 31 heavy (non-hydrogen) atoms. The zero-order chi connectivity index (χ0) is 22.7. The lowest BCUT2D eigenvalue weighted by molar-refractivity contribution is -0.134. The molecule has 1 atom stereocenters. The van der Waals surface area contributed by atoms with Gasteiger partial charge in [0.15, 0.2) is 11.6 Å². The van der Waals surface area contributed by atoms with Crippen molar-refractivity contribution in [2.24, 2.45) is 0 Å². The van der Waals surface area contributed by atoms with Crippen LogP contribution in [0.15, 0.2) is 18.3 Å². The number of carbonyl (C=O) groups excluding carboxylic acids is 2. The van der Waals surface area contributed by atoms with Gasteiger partial charge in [-0.25, -0.2) is 4.98 Å². The number of likely N-dealkylation sites (tertiary alicyclic amines) is 1. The molecule has 3 rings (SSSR count). The molecule has 0 aliphatic carbocycles. The van der Waals surface area contributed by atoms with E-state index in [1.54, 1.807) is 12.0 Å². The van der Waals surface area contributed by atoms with Gasteiger partial charge in [-0.15, -0.1) is 0 Å². The van der Waals surface area contributed by atoms with Gasteiger partial charge in [0.05, 0.1) is 16.9 Å². The van der Waals surface area contributed by atoms with Crippen molar-refractivity contribution in [2.45, 2.75) is 45.6 Å². The fourth-order valence-corrected chi connectivity index (χ4v) is 4.16. The van der Waals surface area contributed by atoms with E-state index in [0.29, 0.717) is 18.7 Å². The highest BCUT2D eigenvalue weighted by molar-refractivity contribution is 14.1. The second-order valence-electron chi connectivity index (χ2n) is 7.58. The molecule has 2 heterocycles. The number of methoxy groups -OCH3 is 1. The molecule has 1 aromatic carbocycles. The van der Waals surface area contributed by atoms with E-state index in [1.807, 2.05) is 12.1 Å². The van der Waals surface area contributed by atoms with E-state index >= 15 is 0 Å². The topological polar surface area (TPSA) is 120 Å². The fraction of sp³-hybridized carbons (Fsp3) is 0.429. The third-order valence-corrected chi connectivity index (χ3v) is 5.95. The summed E-state index contributed by atoms with van der Waals surface area (Å²) < 4.78 is 12.3. The summed E-state index contributed by atoms with van der Waals surface area (Å²) >= 11 is 2.18. The van der Waals surface area contributed by atoms with Gasteiger partial charge in [-0.05, 0) is 53.5 Å². The number of anilines is 2. The number of nitrogens with two attached hydrogens (primary N) is 1. The largest absolute Gasteiger partial charge is 0.496 e. The molecule has 0 radical (unpaired) electrons. The van der Waals surface area contributed by atoms with Gasteiger partial charge in [0, 0.05) is 19.0 Å². The lowest BCUT2D eigenvalue weighted by Gasteiger charge is -2.22. The van der Waals surface area contributed by atoms with E-state index in [0.717, 1.165) is 21.3 Å². The predicted octanol–water partition coefficient (Wildman–Crippen LogP) is 3.54. The van der Waals surface area contributed by atoms with E-state index in [1.165, 1.54) is 13.1 Å². The molecule has 0 spiro atoms. The lowest BCUT2D eigenvalue weighted by atomic mass is 10.0. The van der Waals surface area contributed by atoms with Gasteiger partial charge in [-0.1, -0.05) is 13.8 Å². The van der Waals surface area contributed by atoms with Gasteiger partial charge < -0.3 is 20.1 Å². The Bertz CT molecular complexity index is 998. The van der Waals surface area contributed by atoms with Crippen LogP contribution >= 0.6 is 22.6 Å². The van der Waals surface area contributed by atoms with Crippen LogP contribution < -0.4 is 20.5 Å². The van der Waals surface area contributed by atoms with Crippen molar-refractivity contribution in [3.8, 4) is 17.2 Å². The van der Waals surface area contributed by atoms with Crippen LogP contribution in [0.4, 0.5) is 11.8 Å². The third kappa shape index (κ3) is 5.17. The minimum atomic E-state index is -0.520. The quantitative estimate of drug-likeness (QED) is 0.539. The lowest BCUT2D eigenvalue weighted by Crippen LogP contribution is -2.42. The van der Waals surface area contributed by atoms with Crippen molar-refractivity contribution in [2.75, 3.05) is 24.7 Å². The highest BCUT2D eigenvalue weighted by atomic mass is 127. The number of hydrogen-bond donors (Lipinski definition) is 2. The summed E-state index contributed by atoms with van der Waals surface area (Å²) in [5.74, 6) is 1.59. The van der Waals surface area contributed by atoms with Gasteiger partial charge in [0.25, 0.3) is 0 Å². The van der Waals surface area contributed by atoms with Crippen molar-refractivity contribution in [1.29, 1.82) is 0 Å². The maximum Gasteiger partial charge on any atom is 0.249 e. The molecule has 10 heteroatoms. The molecule has 1 aromatic heterocycles. The second-order valence-corrected chi connectivity index (χ2v) is 8.75. The molecule has 2 aromatic rings. The van der Waals surface area contributed by atoms with E-state index < -0.39 is 6.04 Å². The Morgan fingerprint density at radius 1 is 1.29 bits per heavy atom. The standard InChI is InChI=1S/C21H26IN5O4/c1-11(2)13-8-17(30-4)14(22)9-16(13)31-18-10-24-21(25-19(18)23)26-20(29)15-6-5-7-27(15)12(3)28/h8-11,15H,5-7H2,1-4H3,(H3,23,24,25,26,29). The average molecular weight is 539 g/mol. The first-order chi connectivity index (χ1) is 14.7. The highest BCUT2D eigenvalue weighted by Crippen LogP contribution is 2.37. The fourth-order valence-electron chi connectivity index (χ4n) is 3.50. The zero-order valence-electron chi connectivity index (χ0n) is 17.9. The van der Waals surface area contributed by atoms with Crippen molar-refractivity contribution in [1.82, 2.24) is 14.9 Å². The van der Waals surface area contributed by atoms with E-state index in [2.05, 4.69) is 51.7 Å². The number of amides is 2. The van der Waals surface area contributed by atoms with Crippen molar-refractivity contribution in [3.05, 3.63) is 27.5 Å². The molecular weight excluding hydrogens is 513 g/mol. The summed E-state index contributed by atoms with van der Waals surface area (Å²) in [6.07, 6.45) is 2.82. The number of aromatic nitrogens is 2. The Kier molecular flexibility index (Phi) is 7.19. The van der Waals surface area contributed by atoms with E-state index in [9.17, 15) is 9.59 Å². The number of nitrogens with zero attached hydrogens (tertiary/aromatic N) is 3. The van der Waals surface area contributed by atoms with Crippen LogP contribution in [0.3, 0.4) is 0 Å². The maximum absolute atomic E-state index is 12.6. The molecule has 1 unspecified atom stereocenters. The molecule has 1 aliphatic rings. The van der Waals surface area contributed by atoms with Gasteiger partial charge >= 0.3 is 0 Å². The van der Waals surface area contributed by atoms with Gasteiger partial charge in [0.1, 0.15) is 17.5 Å². The number of nitrogen functional groups attached to an aromatic ring is 1. The summed E-state index contributed by atoms with van der Waals surface area (Å²) in [6.45, 7) is 6.14. The SMILES string of the molecule is COc1cc(C(C)C)c(Oc2cnc(NC(=O)C3CCCN3C(C)=O)nc2N)cc1I. The van der Waals surface area contributed by atoms with Gasteiger partial charge in [-0.3, -0.25) is 14.9 Å². The smallest absolute Gasteiger partial charge is 0.249 e. The van der Waals surface area contributed by atoms with Crippen LogP contribution in [-0.2, 0) is 9.59 Å². The normalized spacial score (nSPS) is 15.8. The number of benzene rings is 1. The molecule has 0 saturated carbocycles. The monoisotopic (exact) mass is 539 g/mol. The Morgan fingerprint density at radius 3 is 2.65 bits per heavy atom. The van der Waals surface area contributed by atoms with Crippen LogP contribution in [0.2, 0.25) is 0 Å².